The van der Waals surface area contributed by atoms with Gasteiger partial charge in [-0.1, -0.05) is 51.3 Å². The van der Waals surface area contributed by atoms with E-state index in [1.54, 1.807) is 18.3 Å². The maximum atomic E-state index is 12.3. The molecule has 1 heterocycles. The normalized spacial score (nSPS) is 10.5. The fraction of sp³-hybridized carbons (Fsp3) is 0.409. The molecule has 0 unspecified atom stereocenters. The van der Waals surface area contributed by atoms with Crippen LogP contribution in [0.3, 0.4) is 0 Å². The highest BCUT2D eigenvalue weighted by atomic mass is 16.1. The fourth-order valence-corrected chi connectivity index (χ4v) is 2.74. The average molecular weight is 352 g/mol. The Bertz CT molecular complexity index is 677. The minimum absolute atomic E-state index is 0.0890. The molecule has 2 rings (SSSR count). The van der Waals surface area contributed by atoms with E-state index >= 15 is 0 Å². The first-order chi connectivity index (χ1) is 12.7. The Morgan fingerprint density at radius 1 is 0.962 bits per heavy atom. The maximum absolute atomic E-state index is 12.3. The third kappa shape index (κ3) is 5.80. The Labute approximate surface area is 156 Å². The second-order valence-electron chi connectivity index (χ2n) is 6.50. The van der Waals surface area contributed by atoms with E-state index in [0.29, 0.717) is 29.8 Å². The molecule has 0 spiro atoms. The molecule has 0 saturated carbocycles. The van der Waals surface area contributed by atoms with Crippen molar-refractivity contribution in [1.29, 1.82) is 0 Å². The highest BCUT2D eigenvalue weighted by molar-refractivity contribution is 5.97. The highest BCUT2D eigenvalue weighted by Gasteiger charge is 2.10. The number of benzene rings is 1. The standard InChI is InChI=1S/C22H28N2O2/c1-3-5-7-11-21(25)18-10-8-9-17(15-18)20-16-19(12-14-23-20)22(26)24-13-6-4-2/h8-10,12,14-16H,3-7,11,13H2,1-2H3,(H,24,26). The number of pyridine rings is 1. The number of ketones is 1. The number of hydrogen-bond donors (Lipinski definition) is 1. The van der Waals surface area contributed by atoms with E-state index in [1.165, 1.54) is 0 Å². The molecular weight excluding hydrogens is 324 g/mol. The molecule has 0 aliphatic rings. The number of carbonyl (C=O) groups is 2. The molecule has 0 radical (unpaired) electrons. The number of carbonyl (C=O) groups excluding carboxylic acids is 2. The zero-order valence-electron chi connectivity index (χ0n) is 15.8. The average Bonchev–Trinajstić information content (AvgIpc) is 2.68. The summed E-state index contributed by atoms with van der Waals surface area (Å²) < 4.78 is 0. The van der Waals surface area contributed by atoms with Crippen LogP contribution >= 0.6 is 0 Å². The number of hydrogen-bond acceptors (Lipinski definition) is 3. The molecule has 1 aromatic carbocycles. The minimum Gasteiger partial charge on any atom is -0.352 e. The predicted molar refractivity (Wildman–Crippen MR) is 105 cm³/mol. The molecule has 0 atom stereocenters. The number of rotatable bonds is 10. The maximum Gasteiger partial charge on any atom is 0.251 e. The quantitative estimate of drug-likeness (QED) is 0.481. The summed E-state index contributed by atoms with van der Waals surface area (Å²) in [5.41, 5.74) is 2.86. The first kappa shape index (κ1) is 19.8. The molecular formula is C22H28N2O2. The van der Waals surface area contributed by atoms with Crippen LogP contribution in [0.1, 0.15) is 73.1 Å². The molecule has 0 saturated heterocycles. The SMILES string of the molecule is CCCCCC(=O)c1cccc(-c2cc(C(=O)NCCCC)ccn2)c1. The van der Waals surface area contributed by atoms with E-state index in [4.69, 9.17) is 0 Å². The van der Waals surface area contributed by atoms with Crippen LogP contribution in [0.5, 0.6) is 0 Å². The molecule has 0 aliphatic carbocycles. The van der Waals surface area contributed by atoms with Gasteiger partial charge in [0, 0.05) is 35.9 Å². The van der Waals surface area contributed by atoms with Gasteiger partial charge < -0.3 is 5.32 Å². The van der Waals surface area contributed by atoms with Crippen LogP contribution in [0.2, 0.25) is 0 Å². The second kappa shape index (κ2) is 10.5. The monoisotopic (exact) mass is 352 g/mol. The number of nitrogens with one attached hydrogen (secondary N) is 1. The lowest BCUT2D eigenvalue weighted by Gasteiger charge is -2.07. The second-order valence-corrected chi connectivity index (χ2v) is 6.50. The molecule has 1 aromatic heterocycles. The van der Waals surface area contributed by atoms with Crippen molar-refractivity contribution in [1.82, 2.24) is 10.3 Å². The smallest absolute Gasteiger partial charge is 0.251 e. The number of amides is 1. The Balaban J connectivity index is 2.13. The van der Waals surface area contributed by atoms with E-state index in [-0.39, 0.29) is 11.7 Å². The third-order valence-corrected chi connectivity index (χ3v) is 4.33. The molecule has 1 N–H and O–H groups in total. The van der Waals surface area contributed by atoms with Gasteiger partial charge in [0.1, 0.15) is 0 Å². The summed E-state index contributed by atoms with van der Waals surface area (Å²) in [5.74, 6) is 0.0719. The Hall–Kier alpha value is -2.49. The van der Waals surface area contributed by atoms with E-state index in [1.807, 2.05) is 24.3 Å². The van der Waals surface area contributed by atoms with Crippen LogP contribution < -0.4 is 5.32 Å². The van der Waals surface area contributed by atoms with Crippen molar-refractivity contribution in [2.45, 2.75) is 52.4 Å². The first-order valence-electron chi connectivity index (χ1n) is 9.53. The molecule has 0 bridgehead atoms. The Morgan fingerprint density at radius 2 is 1.77 bits per heavy atom. The van der Waals surface area contributed by atoms with Gasteiger partial charge in [-0.05, 0) is 31.0 Å². The highest BCUT2D eigenvalue weighted by Crippen LogP contribution is 2.20. The van der Waals surface area contributed by atoms with Crippen LogP contribution in [-0.2, 0) is 0 Å². The van der Waals surface area contributed by atoms with Gasteiger partial charge in [0.05, 0.1) is 5.69 Å². The Kier molecular flexibility index (Phi) is 8.00. The summed E-state index contributed by atoms with van der Waals surface area (Å²) in [6, 6.07) is 11.0. The summed E-state index contributed by atoms with van der Waals surface area (Å²) in [7, 11) is 0. The summed E-state index contributed by atoms with van der Waals surface area (Å²) in [6.45, 7) is 4.89. The van der Waals surface area contributed by atoms with Crippen molar-refractivity contribution < 1.29 is 9.59 Å². The number of Topliss-reactive ketones (excluding diaryl/α,β-unsaturated/α-hetero) is 1. The molecule has 1 amide bonds. The summed E-state index contributed by atoms with van der Waals surface area (Å²) >= 11 is 0. The molecule has 4 nitrogen and oxygen atoms in total. The van der Waals surface area contributed by atoms with E-state index < -0.39 is 0 Å². The number of aromatic nitrogens is 1. The summed E-state index contributed by atoms with van der Waals surface area (Å²) in [6.07, 6.45) is 7.31. The molecule has 26 heavy (non-hydrogen) atoms. The van der Waals surface area contributed by atoms with Crippen LogP contribution in [0.25, 0.3) is 11.3 Å². The van der Waals surface area contributed by atoms with Gasteiger partial charge in [0.15, 0.2) is 5.78 Å². The molecule has 0 aliphatic heterocycles. The molecule has 138 valence electrons. The lowest BCUT2D eigenvalue weighted by molar-refractivity contribution is 0.0950. The first-order valence-corrected chi connectivity index (χ1v) is 9.53. The zero-order chi connectivity index (χ0) is 18.8. The van der Waals surface area contributed by atoms with Crippen LogP contribution in [-0.4, -0.2) is 23.2 Å². The van der Waals surface area contributed by atoms with Gasteiger partial charge in [0.25, 0.3) is 5.91 Å². The van der Waals surface area contributed by atoms with Gasteiger partial charge in [0.2, 0.25) is 0 Å². The molecule has 4 heteroatoms. The summed E-state index contributed by atoms with van der Waals surface area (Å²) in [5, 5.41) is 2.92. The topological polar surface area (TPSA) is 59.1 Å². The zero-order valence-corrected chi connectivity index (χ0v) is 15.8. The van der Waals surface area contributed by atoms with Crippen LogP contribution in [0.4, 0.5) is 0 Å². The third-order valence-electron chi connectivity index (χ3n) is 4.33. The lowest BCUT2D eigenvalue weighted by atomic mass is 10.0. The Morgan fingerprint density at radius 3 is 2.54 bits per heavy atom. The van der Waals surface area contributed by atoms with Crippen molar-refractivity contribution in [3.05, 3.63) is 53.7 Å². The van der Waals surface area contributed by atoms with Crippen molar-refractivity contribution in [3.8, 4) is 11.3 Å². The predicted octanol–water partition coefficient (Wildman–Crippen LogP) is 5.04. The van der Waals surface area contributed by atoms with Gasteiger partial charge in [-0.3, -0.25) is 14.6 Å². The number of unbranched alkanes of at least 4 members (excludes halogenated alkanes) is 3. The van der Waals surface area contributed by atoms with Gasteiger partial charge >= 0.3 is 0 Å². The lowest BCUT2D eigenvalue weighted by Crippen LogP contribution is -2.24. The van der Waals surface area contributed by atoms with E-state index in [9.17, 15) is 9.59 Å². The van der Waals surface area contributed by atoms with Crippen molar-refractivity contribution in [3.63, 3.8) is 0 Å². The van der Waals surface area contributed by atoms with Crippen molar-refractivity contribution >= 4 is 11.7 Å². The van der Waals surface area contributed by atoms with Gasteiger partial charge in [-0.25, -0.2) is 0 Å². The van der Waals surface area contributed by atoms with Crippen molar-refractivity contribution in [2.24, 2.45) is 0 Å². The van der Waals surface area contributed by atoms with E-state index in [0.717, 1.165) is 37.7 Å². The molecule has 0 fully saturated rings. The van der Waals surface area contributed by atoms with E-state index in [2.05, 4.69) is 24.1 Å². The molecule has 2 aromatic rings. The minimum atomic E-state index is -0.0890. The largest absolute Gasteiger partial charge is 0.352 e. The summed E-state index contributed by atoms with van der Waals surface area (Å²) in [4.78, 5) is 28.9. The van der Waals surface area contributed by atoms with Gasteiger partial charge in [-0.15, -0.1) is 0 Å². The van der Waals surface area contributed by atoms with Crippen LogP contribution in [0.15, 0.2) is 42.6 Å². The van der Waals surface area contributed by atoms with Crippen molar-refractivity contribution in [2.75, 3.05) is 6.54 Å². The number of nitrogens with zero attached hydrogens (tertiary/aromatic N) is 1. The van der Waals surface area contributed by atoms with Gasteiger partial charge in [-0.2, -0.15) is 0 Å². The van der Waals surface area contributed by atoms with Crippen LogP contribution in [0, 0.1) is 0 Å². The fourth-order valence-electron chi connectivity index (χ4n) is 2.74.